The maximum absolute atomic E-state index is 14.3. The van der Waals surface area contributed by atoms with Gasteiger partial charge in [-0.15, -0.1) is 0 Å². The Morgan fingerprint density at radius 1 is 0.878 bits per heavy atom. The van der Waals surface area contributed by atoms with Gasteiger partial charge in [0.05, 0.1) is 36.5 Å². The van der Waals surface area contributed by atoms with Crippen LogP contribution < -0.4 is 15.4 Å². The lowest BCUT2D eigenvalue weighted by Crippen LogP contribution is -2.44. The SMILES string of the molecule is CS(=O)(=O)OCCCc1ccc(-c2cccc(Oc3ncc(F)cc3C(=O)NC3CCC(NC(=O)c4cccc5[nH]cnc45)CC3)c2)cc1. The molecule has 254 valence electrons. The second-order valence-corrected chi connectivity index (χ2v) is 13.7. The molecule has 2 amide bonds. The topological polar surface area (TPSA) is 152 Å². The number of hydrogen-bond acceptors (Lipinski definition) is 8. The lowest BCUT2D eigenvalue weighted by molar-refractivity contribution is 0.0890. The molecular formula is C36H36FN5O6S. The normalized spacial score (nSPS) is 16.3. The molecule has 1 fully saturated rings. The second kappa shape index (κ2) is 15.0. The van der Waals surface area contributed by atoms with Gasteiger partial charge in [0.15, 0.2) is 0 Å². The number of benzene rings is 3. The van der Waals surface area contributed by atoms with Crippen molar-refractivity contribution in [2.24, 2.45) is 0 Å². The van der Waals surface area contributed by atoms with Crippen LogP contribution in [0.4, 0.5) is 4.39 Å². The largest absolute Gasteiger partial charge is 0.438 e. The van der Waals surface area contributed by atoms with Gasteiger partial charge in [-0.2, -0.15) is 8.42 Å². The summed E-state index contributed by atoms with van der Waals surface area (Å²) >= 11 is 0. The van der Waals surface area contributed by atoms with Gasteiger partial charge < -0.3 is 20.4 Å². The Morgan fingerprint density at radius 2 is 1.57 bits per heavy atom. The maximum Gasteiger partial charge on any atom is 0.264 e. The number of aromatic nitrogens is 3. The minimum Gasteiger partial charge on any atom is -0.438 e. The zero-order chi connectivity index (χ0) is 34.4. The highest BCUT2D eigenvalue weighted by Gasteiger charge is 2.26. The number of carbonyl (C=O) groups is 2. The molecule has 2 aromatic heterocycles. The van der Waals surface area contributed by atoms with E-state index in [9.17, 15) is 22.4 Å². The number of nitrogens with one attached hydrogen (secondary N) is 3. The molecule has 13 heteroatoms. The van der Waals surface area contributed by atoms with Gasteiger partial charge in [0.1, 0.15) is 22.6 Å². The Balaban J connectivity index is 1.04. The number of hydrogen-bond donors (Lipinski definition) is 3. The summed E-state index contributed by atoms with van der Waals surface area (Å²) < 4.78 is 47.4. The Bertz CT molecular complexity index is 2060. The van der Waals surface area contributed by atoms with Crippen LogP contribution >= 0.6 is 0 Å². The third-order valence-electron chi connectivity index (χ3n) is 8.40. The van der Waals surface area contributed by atoms with Gasteiger partial charge in [0.25, 0.3) is 21.9 Å². The third-order valence-corrected chi connectivity index (χ3v) is 8.99. The van der Waals surface area contributed by atoms with E-state index in [2.05, 4.69) is 25.6 Å². The van der Waals surface area contributed by atoms with Crippen LogP contribution in [-0.4, -0.2) is 60.1 Å². The fourth-order valence-corrected chi connectivity index (χ4v) is 6.35. The van der Waals surface area contributed by atoms with Crippen molar-refractivity contribution in [1.82, 2.24) is 25.6 Å². The maximum atomic E-state index is 14.3. The van der Waals surface area contributed by atoms with Gasteiger partial charge in [-0.25, -0.2) is 14.4 Å². The van der Waals surface area contributed by atoms with E-state index >= 15 is 0 Å². The molecule has 1 aliphatic rings. The van der Waals surface area contributed by atoms with Crippen molar-refractivity contribution < 1.29 is 31.3 Å². The molecule has 1 aliphatic carbocycles. The Kier molecular flexibility index (Phi) is 10.3. The second-order valence-electron chi connectivity index (χ2n) is 12.1. The number of imidazole rings is 1. The molecule has 0 spiro atoms. The molecule has 49 heavy (non-hydrogen) atoms. The molecule has 0 saturated heterocycles. The first-order valence-electron chi connectivity index (χ1n) is 16.0. The summed E-state index contributed by atoms with van der Waals surface area (Å²) in [6.45, 7) is 0.129. The number of fused-ring (bicyclic) bond motifs is 1. The molecule has 0 aliphatic heterocycles. The summed E-state index contributed by atoms with van der Waals surface area (Å²) in [5, 5.41) is 6.08. The van der Waals surface area contributed by atoms with E-state index in [1.807, 2.05) is 54.6 Å². The van der Waals surface area contributed by atoms with Crippen LogP contribution in [0.15, 0.2) is 85.3 Å². The Hall–Kier alpha value is -5.14. The molecule has 3 aromatic carbocycles. The van der Waals surface area contributed by atoms with Crippen LogP contribution in [0.1, 0.15) is 58.4 Å². The number of para-hydroxylation sites is 1. The van der Waals surface area contributed by atoms with E-state index < -0.39 is 21.8 Å². The highest BCUT2D eigenvalue weighted by atomic mass is 32.2. The first-order chi connectivity index (χ1) is 23.6. The molecular weight excluding hydrogens is 649 g/mol. The van der Waals surface area contributed by atoms with E-state index in [1.54, 1.807) is 18.5 Å². The first-order valence-corrected chi connectivity index (χ1v) is 17.8. The molecule has 0 bridgehead atoms. The standard InChI is InChI=1S/C36H36FN5O6S/c1-49(45,46)47-18-4-5-23-10-12-24(13-11-23)25-6-2-7-29(19-25)48-36-31(20-26(37)21-38-36)35(44)42-28-16-14-27(15-17-28)41-34(43)30-8-3-9-32-33(30)40-22-39-32/h2-3,6-13,19-22,27-28H,4-5,14-18H2,1H3,(H,39,40)(H,41,43)(H,42,44). The number of pyridine rings is 1. The van der Waals surface area contributed by atoms with Crippen molar-refractivity contribution in [1.29, 1.82) is 0 Å². The van der Waals surface area contributed by atoms with Gasteiger partial charge in [0, 0.05) is 12.1 Å². The first kappa shape index (κ1) is 33.7. The van der Waals surface area contributed by atoms with E-state index in [0.717, 1.165) is 40.7 Å². The fourth-order valence-electron chi connectivity index (χ4n) is 5.93. The van der Waals surface area contributed by atoms with Crippen molar-refractivity contribution >= 4 is 33.0 Å². The number of aryl methyl sites for hydroxylation is 1. The average molecular weight is 686 g/mol. The third kappa shape index (κ3) is 8.86. The smallest absolute Gasteiger partial charge is 0.264 e. The molecule has 0 radical (unpaired) electrons. The summed E-state index contributed by atoms with van der Waals surface area (Å²) in [4.78, 5) is 37.7. The van der Waals surface area contributed by atoms with Crippen molar-refractivity contribution in [3.05, 3.63) is 108 Å². The number of nitrogens with zero attached hydrogens (tertiary/aromatic N) is 2. The summed E-state index contributed by atoms with van der Waals surface area (Å²) in [5.41, 5.74) is 4.74. The number of aromatic amines is 1. The molecule has 2 heterocycles. The van der Waals surface area contributed by atoms with Gasteiger partial charge in [-0.3, -0.25) is 13.8 Å². The van der Waals surface area contributed by atoms with E-state index in [0.29, 0.717) is 55.4 Å². The quantitative estimate of drug-likeness (QED) is 0.108. The molecule has 6 rings (SSSR count). The van der Waals surface area contributed by atoms with Crippen molar-refractivity contribution in [3.63, 3.8) is 0 Å². The number of ether oxygens (including phenoxy) is 1. The van der Waals surface area contributed by atoms with Gasteiger partial charge in [-0.1, -0.05) is 42.5 Å². The zero-order valence-electron chi connectivity index (χ0n) is 26.8. The van der Waals surface area contributed by atoms with E-state index in [4.69, 9.17) is 8.92 Å². The van der Waals surface area contributed by atoms with Crippen molar-refractivity contribution in [3.8, 4) is 22.8 Å². The molecule has 0 unspecified atom stereocenters. The minimum atomic E-state index is -3.45. The molecule has 3 N–H and O–H groups in total. The lowest BCUT2D eigenvalue weighted by Gasteiger charge is -2.29. The van der Waals surface area contributed by atoms with Gasteiger partial charge >= 0.3 is 0 Å². The van der Waals surface area contributed by atoms with Gasteiger partial charge in [0.2, 0.25) is 5.88 Å². The van der Waals surface area contributed by atoms with Gasteiger partial charge in [-0.05, 0) is 85.5 Å². The lowest BCUT2D eigenvalue weighted by atomic mass is 9.90. The predicted octanol–water partition coefficient (Wildman–Crippen LogP) is 5.94. The summed E-state index contributed by atoms with van der Waals surface area (Å²) in [6, 6.07) is 21.5. The fraction of sp³-hybridized carbons (Fsp3) is 0.278. The van der Waals surface area contributed by atoms with Crippen LogP contribution in [-0.2, 0) is 20.7 Å². The molecule has 5 aromatic rings. The minimum absolute atomic E-state index is 0.0165. The van der Waals surface area contributed by atoms with Crippen molar-refractivity contribution in [2.45, 2.75) is 50.6 Å². The van der Waals surface area contributed by atoms with E-state index in [1.165, 1.54) is 0 Å². The molecule has 0 atom stereocenters. The van der Waals surface area contributed by atoms with Crippen LogP contribution in [0.25, 0.3) is 22.2 Å². The highest BCUT2D eigenvalue weighted by molar-refractivity contribution is 7.85. The molecule has 1 saturated carbocycles. The summed E-state index contributed by atoms with van der Waals surface area (Å²) in [5.74, 6) is -0.931. The number of halogens is 1. The van der Waals surface area contributed by atoms with E-state index in [-0.39, 0.29) is 36.0 Å². The number of rotatable bonds is 12. The highest BCUT2D eigenvalue weighted by Crippen LogP contribution is 2.29. The van der Waals surface area contributed by atoms with Crippen LogP contribution in [0.2, 0.25) is 0 Å². The molecule has 11 nitrogen and oxygen atoms in total. The number of H-pyrrole nitrogens is 1. The zero-order valence-corrected chi connectivity index (χ0v) is 27.6. The average Bonchev–Trinajstić information content (AvgIpc) is 3.58. The van der Waals surface area contributed by atoms with Crippen LogP contribution in [0, 0.1) is 5.82 Å². The number of carbonyl (C=O) groups excluding carboxylic acids is 2. The summed E-state index contributed by atoms with van der Waals surface area (Å²) in [6.07, 6.45) is 7.45. The number of amides is 2. The predicted molar refractivity (Wildman–Crippen MR) is 182 cm³/mol. The Labute approximate surface area is 283 Å². The monoisotopic (exact) mass is 685 g/mol. The summed E-state index contributed by atoms with van der Waals surface area (Å²) in [7, 11) is -3.45. The van der Waals surface area contributed by atoms with Crippen LogP contribution in [0.5, 0.6) is 11.6 Å². The van der Waals surface area contributed by atoms with Crippen molar-refractivity contribution in [2.75, 3.05) is 12.9 Å². The van der Waals surface area contributed by atoms with Crippen LogP contribution in [0.3, 0.4) is 0 Å². The Morgan fingerprint density at radius 3 is 2.29 bits per heavy atom.